The molecule has 1 aliphatic rings. The second kappa shape index (κ2) is 8.88. The van der Waals surface area contributed by atoms with Crippen LogP contribution in [0, 0.1) is 5.92 Å². The van der Waals surface area contributed by atoms with E-state index in [1.165, 1.54) is 0 Å². The molecule has 0 aliphatic carbocycles. The lowest BCUT2D eigenvalue weighted by atomic mass is 10.0. The van der Waals surface area contributed by atoms with Gasteiger partial charge in [-0.05, 0) is 35.4 Å². The van der Waals surface area contributed by atoms with Crippen LogP contribution in [0.5, 0.6) is 0 Å². The average molecular weight is 388 g/mol. The summed E-state index contributed by atoms with van der Waals surface area (Å²) in [5.74, 6) is 0.0895. The van der Waals surface area contributed by atoms with Gasteiger partial charge in [-0.3, -0.25) is 9.59 Å². The lowest BCUT2D eigenvalue weighted by Gasteiger charge is -2.13. The van der Waals surface area contributed by atoms with Gasteiger partial charge in [0.15, 0.2) is 0 Å². The van der Waals surface area contributed by atoms with Gasteiger partial charge in [-0.25, -0.2) is 0 Å². The first-order chi connectivity index (χ1) is 14.2. The molecule has 1 saturated heterocycles. The maximum absolute atomic E-state index is 12.6. The van der Waals surface area contributed by atoms with Crippen molar-refractivity contribution < 1.29 is 14.3 Å². The van der Waals surface area contributed by atoms with Gasteiger partial charge in [0.1, 0.15) is 0 Å². The molecule has 2 amide bonds. The van der Waals surface area contributed by atoms with Gasteiger partial charge >= 0.3 is 0 Å². The Labute approximate surface area is 170 Å². The first kappa shape index (κ1) is 19.2. The van der Waals surface area contributed by atoms with E-state index in [1.807, 2.05) is 60.7 Å². The Morgan fingerprint density at radius 1 is 0.828 bits per heavy atom. The van der Waals surface area contributed by atoms with Crippen LogP contribution >= 0.6 is 0 Å². The van der Waals surface area contributed by atoms with Crippen molar-refractivity contribution in [2.75, 3.05) is 19.7 Å². The quantitative estimate of drug-likeness (QED) is 0.680. The van der Waals surface area contributed by atoms with Crippen molar-refractivity contribution in [2.24, 2.45) is 5.92 Å². The highest BCUT2D eigenvalue weighted by Gasteiger charge is 2.26. The Bertz CT molecular complexity index is 998. The van der Waals surface area contributed by atoms with Crippen LogP contribution in [0.3, 0.4) is 0 Å². The zero-order chi connectivity index (χ0) is 20.1. The van der Waals surface area contributed by atoms with Gasteiger partial charge in [0.05, 0.1) is 12.7 Å². The summed E-state index contributed by atoms with van der Waals surface area (Å²) in [6.45, 7) is 1.62. The summed E-state index contributed by atoms with van der Waals surface area (Å²) in [5.41, 5.74) is 1.33. The predicted octanol–water partition coefficient (Wildman–Crippen LogP) is 3.40. The number of nitrogens with one attached hydrogen (secondary N) is 2. The van der Waals surface area contributed by atoms with E-state index in [2.05, 4.69) is 10.6 Å². The minimum atomic E-state index is -0.0915. The smallest absolute Gasteiger partial charge is 0.252 e. The lowest BCUT2D eigenvalue weighted by Crippen LogP contribution is -2.32. The predicted molar refractivity (Wildman–Crippen MR) is 113 cm³/mol. The Morgan fingerprint density at radius 2 is 1.55 bits per heavy atom. The van der Waals surface area contributed by atoms with Crippen LogP contribution in [0.2, 0.25) is 0 Å². The highest BCUT2D eigenvalue weighted by molar-refractivity contribution is 6.07. The molecular weight excluding hydrogens is 364 g/mol. The van der Waals surface area contributed by atoms with Crippen molar-refractivity contribution >= 4 is 22.6 Å². The number of ether oxygens (including phenoxy) is 1. The van der Waals surface area contributed by atoms with Crippen LogP contribution in [0.15, 0.2) is 72.8 Å². The van der Waals surface area contributed by atoms with E-state index in [1.54, 1.807) is 12.1 Å². The molecule has 2 N–H and O–H groups in total. The van der Waals surface area contributed by atoms with Crippen LogP contribution in [-0.2, 0) is 4.74 Å². The van der Waals surface area contributed by atoms with Crippen molar-refractivity contribution in [2.45, 2.75) is 12.5 Å². The normalized spacial score (nSPS) is 18.5. The summed E-state index contributed by atoms with van der Waals surface area (Å²) in [6, 6.07) is 22.8. The number of hydrogen-bond donors (Lipinski definition) is 2. The maximum atomic E-state index is 12.6. The fourth-order valence-electron chi connectivity index (χ4n) is 3.72. The number of carbonyl (C=O) groups excluding carboxylic acids is 2. The average Bonchev–Trinajstić information content (AvgIpc) is 3.24. The van der Waals surface area contributed by atoms with Crippen molar-refractivity contribution in [1.82, 2.24) is 10.6 Å². The third kappa shape index (κ3) is 4.63. The molecule has 0 bridgehead atoms. The Kier molecular flexibility index (Phi) is 5.86. The number of amides is 2. The van der Waals surface area contributed by atoms with Crippen molar-refractivity contribution in [3.05, 3.63) is 83.9 Å². The van der Waals surface area contributed by atoms with Crippen LogP contribution in [-0.4, -0.2) is 37.6 Å². The molecule has 29 heavy (non-hydrogen) atoms. The van der Waals surface area contributed by atoms with Crippen LogP contribution < -0.4 is 10.6 Å². The topological polar surface area (TPSA) is 67.4 Å². The van der Waals surface area contributed by atoms with E-state index in [4.69, 9.17) is 4.74 Å². The molecule has 1 fully saturated rings. The molecule has 0 spiro atoms. The molecule has 0 aromatic heterocycles. The first-order valence-electron chi connectivity index (χ1n) is 9.91. The molecule has 0 radical (unpaired) electrons. The number of benzene rings is 3. The van der Waals surface area contributed by atoms with E-state index in [9.17, 15) is 9.59 Å². The van der Waals surface area contributed by atoms with Crippen LogP contribution in [0.25, 0.3) is 10.8 Å². The lowest BCUT2D eigenvalue weighted by molar-refractivity contribution is 0.0844. The zero-order valence-corrected chi connectivity index (χ0v) is 16.1. The third-order valence-electron chi connectivity index (χ3n) is 5.28. The van der Waals surface area contributed by atoms with Gasteiger partial charge in [0.2, 0.25) is 0 Å². The van der Waals surface area contributed by atoms with E-state index < -0.39 is 0 Å². The van der Waals surface area contributed by atoms with Crippen molar-refractivity contribution in [3.63, 3.8) is 0 Å². The fourth-order valence-corrected chi connectivity index (χ4v) is 3.72. The molecule has 0 unspecified atom stereocenters. The third-order valence-corrected chi connectivity index (χ3v) is 5.28. The Balaban J connectivity index is 1.26. The second-order valence-corrected chi connectivity index (χ2v) is 7.37. The summed E-state index contributed by atoms with van der Waals surface area (Å²) >= 11 is 0. The fraction of sp³-hybridized carbons (Fsp3) is 0.250. The SMILES string of the molecule is O=C(NC[C@@H]1CO[C@H](CNC(=O)c2cccc3ccccc23)C1)c1ccccc1. The molecule has 1 aliphatic heterocycles. The van der Waals surface area contributed by atoms with E-state index in [-0.39, 0.29) is 23.8 Å². The van der Waals surface area contributed by atoms with E-state index in [0.29, 0.717) is 30.8 Å². The summed E-state index contributed by atoms with van der Waals surface area (Å²) in [5, 5.41) is 7.95. The number of rotatable bonds is 6. The van der Waals surface area contributed by atoms with Gasteiger partial charge in [-0.2, -0.15) is 0 Å². The van der Waals surface area contributed by atoms with Gasteiger partial charge in [-0.1, -0.05) is 54.6 Å². The summed E-state index contributed by atoms with van der Waals surface area (Å²) in [4.78, 5) is 24.8. The molecule has 5 nitrogen and oxygen atoms in total. The minimum absolute atomic E-state index is 0.0347. The van der Waals surface area contributed by atoms with Gasteiger partial charge < -0.3 is 15.4 Å². The highest BCUT2D eigenvalue weighted by Crippen LogP contribution is 2.20. The molecule has 4 rings (SSSR count). The standard InChI is InChI=1S/C24H24N2O3/c27-23(19-8-2-1-3-9-19)25-14-17-13-20(29-16-17)15-26-24(28)22-12-6-10-18-7-4-5-11-21(18)22/h1-12,17,20H,13-16H2,(H,25,27)(H,26,28)/t17-,20+/m1/s1. The number of carbonyl (C=O) groups is 2. The van der Waals surface area contributed by atoms with E-state index >= 15 is 0 Å². The molecule has 2 atom stereocenters. The maximum Gasteiger partial charge on any atom is 0.252 e. The molecule has 3 aromatic rings. The van der Waals surface area contributed by atoms with E-state index in [0.717, 1.165) is 17.2 Å². The molecule has 1 heterocycles. The van der Waals surface area contributed by atoms with Crippen molar-refractivity contribution in [3.8, 4) is 0 Å². The summed E-state index contributed by atoms with van der Waals surface area (Å²) in [6.07, 6.45) is 0.776. The highest BCUT2D eigenvalue weighted by atomic mass is 16.5. The van der Waals surface area contributed by atoms with Crippen LogP contribution in [0.1, 0.15) is 27.1 Å². The monoisotopic (exact) mass is 388 g/mol. The van der Waals surface area contributed by atoms with Crippen LogP contribution in [0.4, 0.5) is 0 Å². The largest absolute Gasteiger partial charge is 0.376 e. The second-order valence-electron chi connectivity index (χ2n) is 7.37. The zero-order valence-electron chi connectivity index (χ0n) is 16.1. The summed E-state index contributed by atoms with van der Waals surface area (Å²) < 4.78 is 5.81. The molecule has 0 saturated carbocycles. The molecule has 148 valence electrons. The molecule has 5 heteroatoms. The Hall–Kier alpha value is -3.18. The van der Waals surface area contributed by atoms with Crippen molar-refractivity contribution in [1.29, 1.82) is 0 Å². The Morgan fingerprint density at radius 3 is 2.41 bits per heavy atom. The van der Waals surface area contributed by atoms with Gasteiger partial charge in [-0.15, -0.1) is 0 Å². The number of hydrogen-bond acceptors (Lipinski definition) is 3. The van der Waals surface area contributed by atoms with Gasteiger partial charge in [0.25, 0.3) is 11.8 Å². The van der Waals surface area contributed by atoms with Gasteiger partial charge in [0, 0.05) is 30.1 Å². The number of fused-ring (bicyclic) bond motifs is 1. The molecular formula is C24H24N2O3. The molecule has 3 aromatic carbocycles. The minimum Gasteiger partial charge on any atom is -0.376 e. The first-order valence-corrected chi connectivity index (χ1v) is 9.91. The summed E-state index contributed by atoms with van der Waals surface area (Å²) in [7, 11) is 0.